The van der Waals surface area contributed by atoms with Crippen molar-refractivity contribution < 1.29 is 4.79 Å². The minimum atomic E-state index is -0.257. The van der Waals surface area contributed by atoms with Crippen LogP contribution in [-0.4, -0.2) is 36.5 Å². The van der Waals surface area contributed by atoms with Gasteiger partial charge >= 0.3 is 0 Å². The highest BCUT2D eigenvalue weighted by molar-refractivity contribution is 5.74. The Morgan fingerprint density at radius 2 is 1.93 bits per heavy atom. The molecule has 4 N–H and O–H groups in total. The summed E-state index contributed by atoms with van der Waals surface area (Å²) in [5.41, 5.74) is 10.8. The average molecular weight is 199 g/mol. The molecule has 1 aliphatic rings. The lowest BCUT2D eigenvalue weighted by molar-refractivity contribution is -0.119. The van der Waals surface area contributed by atoms with E-state index in [0.29, 0.717) is 24.8 Å². The van der Waals surface area contributed by atoms with Crippen LogP contribution in [0, 0.1) is 11.8 Å². The maximum absolute atomic E-state index is 10.8. The molecular formula is C10H21N3O. The van der Waals surface area contributed by atoms with E-state index in [-0.39, 0.29) is 11.9 Å². The smallest absolute Gasteiger partial charge is 0.219 e. The molecule has 3 atom stereocenters. The molecular weight excluding hydrogens is 178 g/mol. The van der Waals surface area contributed by atoms with Gasteiger partial charge in [-0.05, 0) is 11.8 Å². The fourth-order valence-electron chi connectivity index (χ4n) is 2.07. The highest BCUT2D eigenvalue weighted by Gasteiger charge is 2.30. The molecule has 0 aromatic rings. The molecule has 0 radical (unpaired) electrons. The molecule has 1 heterocycles. The Kier molecular flexibility index (Phi) is 3.89. The number of nitrogens with two attached hydrogens (primary N) is 2. The van der Waals surface area contributed by atoms with Gasteiger partial charge in [0.15, 0.2) is 0 Å². The molecule has 82 valence electrons. The Hall–Kier alpha value is -0.610. The van der Waals surface area contributed by atoms with Crippen LogP contribution in [0.2, 0.25) is 0 Å². The third-order valence-electron chi connectivity index (χ3n) is 3.24. The number of amides is 1. The first-order valence-electron chi connectivity index (χ1n) is 5.27. The summed E-state index contributed by atoms with van der Waals surface area (Å²) < 4.78 is 0. The van der Waals surface area contributed by atoms with Crippen LogP contribution in [-0.2, 0) is 4.79 Å². The number of carbonyl (C=O) groups excluding carboxylic acids is 1. The summed E-state index contributed by atoms with van der Waals surface area (Å²) in [6.45, 7) is 7.07. The van der Waals surface area contributed by atoms with E-state index in [1.165, 1.54) is 0 Å². The Balaban J connectivity index is 2.50. The molecule has 1 rings (SSSR count). The highest BCUT2D eigenvalue weighted by atomic mass is 16.1. The number of primary amides is 1. The number of likely N-dealkylation sites (tertiary alicyclic amines) is 1. The maximum atomic E-state index is 10.8. The Morgan fingerprint density at radius 1 is 1.43 bits per heavy atom. The van der Waals surface area contributed by atoms with Crippen molar-refractivity contribution in [1.82, 2.24) is 4.90 Å². The van der Waals surface area contributed by atoms with Gasteiger partial charge in [0, 0.05) is 32.1 Å². The van der Waals surface area contributed by atoms with Gasteiger partial charge in [0.25, 0.3) is 0 Å². The van der Waals surface area contributed by atoms with Gasteiger partial charge in [0.1, 0.15) is 0 Å². The Labute approximate surface area is 85.6 Å². The van der Waals surface area contributed by atoms with Gasteiger partial charge in [-0.2, -0.15) is 0 Å². The van der Waals surface area contributed by atoms with Crippen molar-refractivity contribution in [3.8, 4) is 0 Å². The van der Waals surface area contributed by atoms with Crippen molar-refractivity contribution in [2.24, 2.45) is 23.3 Å². The molecule has 1 saturated heterocycles. The number of hydrogen-bond acceptors (Lipinski definition) is 3. The monoisotopic (exact) mass is 199 g/mol. The second kappa shape index (κ2) is 4.75. The summed E-state index contributed by atoms with van der Waals surface area (Å²) >= 11 is 0. The van der Waals surface area contributed by atoms with Crippen LogP contribution in [0.4, 0.5) is 0 Å². The molecule has 0 spiro atoms. The minimum absolute atomic E-state index is 0.139. The van der Waals surface area contributed by atoms with E-state index in [1.807, 2.05) is 0 Å². The predicted octanol–water partition coefficient (Wildman–Crippen LogP) is -0.223. The van der Waals surface area contributed by atoms with Crippen LogP contribution >= 0.6 is 0 Å². The molecule has 1 amide bonds. The van der Waals surface area contributed by atoms with Crippen LogP contribution < -0.4 is 11.5 Å². The van der Waals surface area contributed by atoms with E-state index in [0.717, 1.165) is 13.1 Å². The standard InChI is InChI=1S/C10H21N3O/c1-7-5-13(6-8(7)2)9(4-11)3-10(12)14/h7-9H,3-6,11H2,1-2H3,(H2,12,14). The van der Waals surface area contributed by atoms with Crippen molar-refractivity contribution in [3.05, 3.63) is 0 Å². The van der Waals surface area contributed by atoms with E-state index >= 15 is 0 Å². The third-order valence-corrected chi connectivity index (χ3v) is 3.24. The summed E-state index contributed by atoms with van der Waals surface area (Å²) in [6.07, 6.45) is 0.385. The molecule has 0 saturated carbocycles. The normalized spacial score (nSPS) is 30.5. The van der Waals surface area contributed by atoms with E-state index in [1.54, 1.807) is 0 Å². The van der Waals surface area contributed by atoms with Crippen LogP contribution in [0.25, 0.3) is 0 Å². The zero-order chi connectivity index (χ0) is 10.7. The first-order chi connectivity index (χ1) is 6.54. The average Bonchev–Trinajstić information content (AvgIpc) is 2.42. The van der Waals surface area contributed by atoms with Gasteiger partial charge in [-0.1, -0.05) is 13.8 Å². The number of nitrogens with zero attached hydrogens (tertiary/aromatic N) is 1. The first kappa shape index (κ1) is 11.5. The number of rotatable bonds is 4. The molecule has 4 heteroatoms. The molecule has 4 nitrogen and oxygen atoms in total. The van der Waals surface area contributed by atoms with Crippen LogP contribution in [0.15, 0.2) is 0 Å². The van der Waals surface area contributed by atoms with Crippen molar-refractivity contribution in [1.29, 1.82) is 0 Å². The topological polar surface area (TPSA) is 72.3 Å². The quantitative estimate of drug-likeness (QED) is 0.657. The predicted molar refractivity (Wildman–Crippen MR) is 56.6 cm³/mol. The van der Waals surface area contributed by atoms with E-state index < -0.39 is 0 Å². The molecule has 0 aromatic heterocycles. The van der Waals surface area contributed by atoms with Gasteiger partial charge < -0.3 is 11.5 Å². The van der Waals surface area contributed by atoms with E-state index in [4.69, 9.17) is 11.5 Å². The van der Waals surface area contributed by atoms with Gasteiger partial charge in [0.2, 0.25) is 5.91 Å². The van der Waals surface area contributed by atoms with Gasteiger partial charge in [-0.15, -0.1) is 0 Å². The Bertz CT molecular complexity index is 198. The lowest BCUT2D eigenvalue weighted by atomic mass is 10.0. The van der Waals surface area contributed by atoms with Gasteiger partial charge in [-0.3, -0.25) is 9.69 Å². The van der Waals surface area contributed by atoms with Crippen LogP contribution in [0.3, 0.4) is 0 Å². The van der Waals surface area contributed by atoms with E-state index in [9.17, 15) is 4.79 Å². The van der Waals surface area contributed by atoms with Crippen LogP contribution in [0.5, 0.6) is 0 Å². The SMILES string of the molecule is CC1CN(C(CN)CC(N)=O)CC1C. The number of hydrogen-bond donors (Lipinski definition) is 2. The van der Waals surface area contributed by atoms with E-state index in [2.05, 4.69) is 18.7 Å². The molecule has 14 heavy (non-hydrogen) atoms. The second-order valence-electron chi connectivity index (χ2n) is 4.47. The molecule has 0 bridgehead atoms. The van der Waals surface area contributed by atoms with Crippen molar-refractivity contribution in [2.75, 3.05) is 19.6 Å². The van der Waals surface area contributed by atoms with Gasteiger partial charge in [-0.25, -0.2) is 0 Å². The minimum Gasteiger partial charge on any atom is -0.370 e. The fourth-order valence-corrected chi connectivity index (χ4v) is 2.07. The lowest BCUT2D eigenvalue weighted by Crippen LogP contribution is -2.42. The zero-order valence-corrected chi connectivity index (χ0v) is 9.07. The maximum Gasteiger partial charge on any atom is 0.219 e. The van der Waals surface area contributed by atoms with Crippen molar-refractivity contribution >= 4 is 5.91 Å². The van der Waals surface area contributed by atoms with Gasteiger partial charge in [0.05, 0.1) is 0 Å². The molecule has 0 aromatic carbocycles. The van der Waals surface area contributed by atoms with Crippen molar-refractivity contribution in [2.45, 2.75) is 26.3 Å². The molecule has 1 aliphatic heterocycles. The summed E-state index contributed by atoms with van der Waals surface area (Å²) in [4.78, 5) is 13.1. The summed E-state index contributed by atoms with van der Waals surface area (Å²) in [7, 11) is 0. The molecule has 0 aliphatic carbocycles. The Morgan fingerprint density at radius 3 is 2.29 bits per heavy atom. The third kappa shape index (κ3) is 2.69. The fraction of sp³-hybridized carbons (Fsp3) is 0.900. The lowest BCUT2D eigenvalue weighted by Gasteiger charge is -2.25. The van der Waals surface area contributed by atoms with Crippen molar-refractivity contribution in [3.63, 3.8) is 0 Å². The molecule has 3 unspecified atom stereocenters. The summed E-state index contributed by atoms with van der Waals surface area (Å²) in [5, 5.41) is 0. The summed E-state index contributed by atoms with van der Waals surface area (Å²) in [5.74, 6) is 1.13. The van der Waals surface area contributed by atoms with Crippen LogP contribution in [0.1, 0.15) is 20.3 Å². The highest BCUT2D eigenvalue weighted by Crippen LogP contribution is 2.24. The second-order valence-corrected chi connectivity index (χ2v) is 4.47. The largest absolute Gasteiger partial charge is 0.370 e. The number of carbonyl (C=O) groups is 1. The first-order valence-corrected chi connectivity index (χ1v) is 5.27. The zero-order valence-electron chi connectivity index (χ0n) is 9.07. The molecule has 1 fully saturated rings. The summed E-state index contributed by atoms with van der Waals surface area (Å²) in [6, 6.07) is 0.139.